The van der Waals surface area contributed by atoms with Crippen LogP contribution in [0.25, 0.3) is 0 Å². The lowest BCUT2D eigenvalue weighted by atomic mass is 10.3. The van der Waals surface area contributed by atoms with E-state index >= 15 is 0 Å². The molecule has 0 spiro atoms. The summed E-state index contributed by atoms with van der Waals surface area (Å²) in [6, 6.07) is 17.0. The zero-order valence-electron chi connectivity index (χ0n) is 11.0. The van der Waals surface area contributed by atoms with Crippen LogP contribution >= 0.6 is 11.6 Å². The second kappa shape index (κ2) is 6.19. The summed E-state index contributed by atoms with van der Waals surface area (Å²) in [5.74, 6) is 1.03. The number of hydrogen-bond acceptors (Lipinski definition) is 5. The topological polar surface area (TPSA) is 62.7 Å². The summed E-state index contributed by atoms with van der Waals surface area (Å²) >= 11 is 5.85. The first-order chi connectivity index (χ1) is 10.3. The molecule has 0 saturated carbocycles. The standard InChI is InChI=1S/C15H12ClN5/c16-11-6-8-13(9-7-11)19-15-20-14(10-17-21-15)18-12-4-2-1-3-5-12/h1-10H,(H2,18,19,20,21). The van der Waals surface area contributed by atoms with Crippen molar-refractivity contribution in [3.8, 4) is 0 Å². The van der Waals surface area contributed by atoms with E-state index in [4.69, 9.17) is 11.6 Å². The molecule has 0 fully saturated rings. The summed E-state index contributed by atoms with van der Waals surface area (Å²) in [5.41, 5.74) is 1.79. The van der Waals surface area contributed by atoms with Gasteiger partial charge in [-0.05, 0) is 36.4 Å². The van der Waals surface area contributed by atoms with Crippen LogP contribution in [0.4, 0.5) is 23.1 Å². The van der Waals surface area contributed by atoms with Gasteiger partial charge >= 0.3 is 0 Å². The Hall–Kier alpha value is -2.66. The number of rotatable bonds is 4. The van der Waals surface area contributed by atoms with E-state index < -0.39 is 0 Å². The Morgan fingerprint density at radius 2 is 1.52 bits per heavy atom. The third kappa shape index (κ3) is 3.67. The van der Waals surface area contributed by atoms with Crippen LogP contribution in [-0.4, -0.2) is 15.2 Å². The lowest BCUT2D eigenvalue weighted by Crippen LogP contribution is -2.02. The second-order valence-corrected chi connectivity index (χ2v) is 4.72. The van der Waals surface area contributed by atoms with E-state index in [1.807, 2.05) is 42.5 Å². The van der Waals surface area contributed by atoms with E-state index in [-0.39, 0.29) is 0 Å². The van der Waals surface area contributed by atoms with Crippen LogP contribution in [0.1, 0.15) is 0 Å². The monoisotopic (exact) mass is 297 g/mol. The molecule has 3 aromatic rings. The van der Waals surface area contributed by atoms with Gasteiger partial charge in [0, 0.05) is 16.4 Å². The fourth-order valence-electron chi connectivity index (χ4n) is 1.75. The van der Waals surface area contributed by atoms with Crippen LogP contribution in [0.15, 0.2) is 60.8 Å². The smallest absolute Gasteiger partial charge is 0.249 e. The lowest BCUT2D eigenvalue weighted by molar-refractivity contribution is 0.982. The molecular weight excluding hydrogens is 286 g/mol. The Morgan fingerprint density at radius 1 is 0.810 bits per heavy atom. The molecule has 0 aliphatic rings. The van der Waals surface area contributed by atoms with Gasteiger partial charge in [0.1, 0.15) is 0 Å². The van der Waals surface area contributed by atoms with E-state index in [2.05, 4.69) is 25.8 Å². The summed E-state index contributed by atoms with van der Waals surface area (Å²) in [4.78, 5) is 4.36. The van der Waals surface area contributed by atoms with E-state index in [1.165, 1.54) is 0 Å². The molecule has 0 amide bonds. The normalized spacial score (nSPS) is 10.1. The maximum atomic E-state index is 5.85. The van der Waals surface area contributed by atoms with Crippen LogP contribution in [0, 0.1) is 0 Å². The van der Waals surface area contributed by atoms with Gasteiger partial charge in [-0.2, -0.15) is 10.1 Å². The highest BCUT2D eigenvalue weighted by Gasteiger charge is 2.02. The van der Waals surface area contributed by atoms with E-state index in [0.717, 1.165) is 11.4 Å². The Kier molecular flexibility index (Phi) is 3.93. The van der Waals surface area contributed by atoms with Gasteiger partial charge in [-0.25, -0.2) is 0 Å². The number of para-hydroxylation sites is 1. The van der Waals surface area contributed by atoms with Crippen LogP contribution in [0.2, 0.25) is 5.02 Å². The van der Waals surface area contributed by atoms with Gasteiger partial charge in [-0.15, -0.1) is 5.10 Å². The van der Waals surface area contributed by atoms with Crippen molar-refractivity contribution < 1.29 is 0 Å². The second-order valence-electron chi connectivity index (χ2n) is 4.29. The van der Waals surface area contributed by atoms with Crippen molar-refractivity contribution in [2.24, 2.45) is 0 Å². The molecule has 2 N–H and O–H groups in total. The molecule has 0 atom stereocenters. The van der Waals surface area contributed by atoms with E-state index in [0.29, 0.717) is 16.8 Å². The third-order valence-electron chi connectivity index (χ3n) is 2.71. The zero-order chi connectivity index (χ0) is 14.5. The van der Waals surface area contributed by atoms with Crippen molar-refractivity contribution in [1.82, 2.24) is 15.2 Å². The summed E-state index contributed by atoms with van der Waals surface area (Å²) < 4.78 is 0. The van der Waals surface area contributed by atoms with Crippen molar-refractivity contribution in [2.75, 3.05) is 10.6 Å². The van der Waals surface area contributed by atoms with Crippen molar-refractivity contribution >= 4 is 34.7 Å². The van der Waals surface area contributed by atoms with Gasteiger partial charge < -0.3 is 10.6 Å². The molecule has 5 nitrogen and oxygen atoms in total. The van der Waals surface area contributed by atoms with Crippen LogP contribution in [-0.2, 0) is 0 Å². The predicted octanol–water partition coefficient (Wildman–Crippen LogP) is 4.01. The van der Waals surface area contributed by atoms with Gasteiger partial charge in [0.2, 0.25) is 5.95 Å². The Balaban J connectivity index is 1.75. The Labute approximate surface area is 127 Å². The molecule has 3 rings (SSSR count). The molecule has 1 heterocycles. The molecule has 0 saturated heterocycles. The average molecular weight is 298 g/mol. The van der Waals surface area contributed by atoms with Gasteiger partial charge in [0.05, 0.1) is 6.20 Å². The maximum absolute atomic E-state index is 5.85. The number of halogens is 1. The highest BCUT2D eigenvalue weighted by molar-refractivity contribution is 6.30. The highest BCUT2D eigenvalue weighted by atomic mass is 35.5. The third-order valence-corrected chi connectivity index (χ3v) is 2.96. The minimum Gasteiger partial charge on any atom is -0.339 e. The quantitative estimate of drug-likeness (QED) is 0.762. The number of nitrogens with one attached hydrogen (secondary N) is 2. The van der Waals surface area contributed by atoms with Gasteiger partial charge in [0.15, 0.2) is 5.82 Å². The number of hydrogen-bond donors (Lipinski definition) is 2. The molecule has 0 radical (unpaired) electrons. The minimum atomic E-state index is 0.415. The first kappa shape index (κ1) is 13.3. The fourth-order valence-corrected chi connectivity index (χ4v) is 1.87. The molecule has 2 aromatic carbocycles. The average Bonchev–Trinajstić information content (AvgIpc) is 2.51. The summed E-state index contributed by atoms with van der Waals surface area (Å²) in [5, 5.41) is 14.8. The van der Waals surface area contributed by atoms with Crippen LogP contribution in [0.3, 0.4) is 0 Å². The molecule has 1 aromatic heterocycles. The van der Waals surface area contributed by atoms with Crippen molar-refractivity contribution in [3.63, 3.8) is 0 Å². The number of nitrogens with zero attached hydrogens (tertiary/aromatic N) is 3. The van der Waals surface area contributed by atoms with Gasteiger partial charge in [0.25, 0.3) is 0 Å². The molecule has 0 bridgehead atoms. The number of aromatic nitrogens is 3. The SMILES string of the molecule is Clc1ccc(Nc2nncc(Nc3ccccc3)n2)cc1. The molecule has 0 unspecified atom stereocenters. The molecular formula is C15H12ClN5. The first-order valence-corrected chi connectivity index (χ1v) is 6.72. The van der Waals surface area contributed by atoms with E-state index in [1.54, 1.807) is 18.3 Å². The molecule has 6 heteroatoms. The summed E-state index contributed by atoms with van der Waals surface area (Å²) in [7, 11) is 0. The van der Waals surface area contributed by atoms with Gasteiger partial charge in [-0.1, -0.05) is 29.8 Å². The zero-order valence-corrected chi connectivity index (χ0v) is 11.7. The van der Waals surface area contributed by atoms with Gasteiger partial charge in [-0.3, -0.25) is 0 Å². The van der Waals surface area contributed by atoms with Crippen molar-refractivity contribution in [1.29, 1.82) is 0 Å². The molecule has 0 aliphatic heterocycles. The largest absolute Gasteiger partial charge is 0.339 e. The van der Waals surface area contributed by atoms with Crippen LogP contribution < -0.4 is 10.6 Å². The number of benzene rings is 2. The molecule has 21 heavy (non-hydrogen) atoms. The number of anilines is 4. The van der Waals surface area contributed by atoms with Crippen LogP contribution in [0.5, 0.6) is 0 Å². The summed E-state index contributed by atoms with van der Waals surface area (Å²) in [6.07, 6.45) is 1.57. The molecule has 0 aliphatic carbocycles. The van der Waals surface area contributed by atoms with Crippen molar-refractivity contribution in [3.05, 3.63) is 65.8 Å². The first-order valence-electron chi connectivity index (χ1n) is 6.34. The maximum Gasteiger partial charge on any atom is 0.249 e. The lowest BCUT2D eigenvalue weighted by Gasteiger charge is -2.07. The highest BCUT2D eigenvalue weighted by Crippen LogP contribution is 2.18. The molecule has 104 valence electrons. The Morgan fingerprint density at radius 3 is 2.29 bits per heavy atom. The predicted molar refractivity (Wildman–Crippen MR) is 84.3 cm³/mol. The van der Waals surface area contributed by atoms with Crippen molar-refractivity contribution in [2.45, 2.75) is 0 Å². The van der Waals surface area contributed by atoms with E-state index in [9.17, 15) is 0 Å². The minimum absolute atomic E-state index is 0.415. The Bertz CT molecular complexity index is 716. The summed E-state index contributed by atoms with van der Waals surface area (Å²) in [6.45, 7) is 0. The fraction of sp³-hybridized carbons (Fsp3) is 0.